The van der Waals surface area contributed by atoms with E-state index in [0.717, 1.165) is 22.6 Å². The van der Waals surface area contributed by atoms with Gasteiger partial charge >= 0.3 is 0 Å². The largest absolute Gasteiger partial charge is 0.494 e. The molecule has 25 heavy (non-hydrogen) atoms. The van der Waals surface area contributed by atoms with Gasteiger partial charge in [0.05, 0.1) is 12.3 Å². The summed E-state index contributed by atoms with van der Waals surface area (Å²) >= 11 is 11.3. The Balaban J connectivity index is 1.87. The van der Waals surface area contributed by atoms with Crippen LogP contribution in [0.25, 0.3) is 6.08 Å². The minimum Gasteiger partial charge on any atom is -0.494 e. The van der Waals surface area contributed by atoms with Crippen LogP contribution >= 0.6 is 23.8 Å². The van der Waals surface area contributed by atoms with Crippen LogP contribution in [0.15, 0.2) is 48.2 Å². The average Bonchev–Trinajstić information content (AvgIpc) is 2.84. The molecular weight excluding hydrogens is 356 g/mol. The van der Waals surface area contributed by atoms with E-state index in [9.17, 15) is 4.79 Å². The first-order valence-electron chi connectivity index (χ1n) is 7.85. The number of ether oxygens (including phenoxy) is 1. The molecule has 0 spiro atoms. The molecule has 1 saturated heterocycles. The van der Waals surface area contributed by atoms with Crippen molar-refractivity contribution in [2.24, 2.45) is 0 Å². The van der Waals surface area contributed by atoms with Gasteiger partial charge in [-0.05, 0) is 73.6 Å². The fourth-order valence-electron chi connectivity index (χ4n) is 2.62. The first-order chi connectivity index (χ1) is 12.0. The zero-order valence-electron chi connectivity index (χ0n) is 13.9. The van der Waals surface area contributed by atoms with Crippen LogP contribution in [0, 0.1) is 6.92 Å². The van der Waals surface area contributed by atoms with E-state index in [-0.39, 0.29) is 5.91 Å². The highest BCUT2D eigenvalue weighted by Crippen LogP contribution is 2.28. The van der Waals surface area contributed by atoms with Gasteiger partial charge in [-0.3, -0.25) is 9.69 Å². The Kier molecular flexibility index (Phi) is 5.06. The third-order valence-corrected chi connectivity index (χ3v) is 4.30. The van der Waals surface area contributed by atoms with Crippen molar-refractivity contribution in [2.45, 2.75) is 13.8 Å². The van der Waals surface area contributed by atoms with Crippen molar-refractivity contribution in [3.8, 4) is 5.75 Å². The fraction of sp³-hybridized carbons (Fsp3) is 0.158. The number of anilines is 1. The number of halogens is 1. The number of carbonyl (C=O) groups excluding carboxylic acids is 1. The number of hydrogen-bond acceptors (Lipinski definition) is 3. The van der Waals surface area contributed by atoms with E-state index in [4.69, 9.17) is 28.6 Å². The molecule has 1 fully saturated rings. The first-order valence-corrected chi connectivity index (χ1v) is 8.64. The highest BCUT2D eigenvalue weighted by molar-refractivity contribution is 7.80. The van der Waals surface area contributed by atoms with Gasteiger partial charge in [0.1, 0.15) is 11.4 Å². The van der Waals surface area contributed by atoms with Gasteiger partial charge in [-0.2, -0.15) is 0 Å². The molecule has 1 aliphatic heterocycles. The molecule has 0 unspecified atom stereocenters. The maximum absolute atomic E-state index is 12.8. The van der Waals surface area contributed by atoms with Crippen molar-refractivity contribution in [3.63, 3.8) is 0 Å². The maximum Gasteiger partial charge on any atom is 0.281 e. The van der Waals surface area contributed by atoms with Crippen LogP contribution in [0.1, 0.15) is 18.1 Å². The summed E-state index contributed by atoms with van der Waals surface area (Å²) in [5, 5.41) is 3.96. The number of rotatable bonds is 4. The molecule has 0 bridgehead atoms. The topological polar surface area (TPSA) is 41.6 Å². The molecule has 128 valence electrons. The lowest BCUT2D eigenvalue weighted by atomic mass is 10.1. The molecule has 1 aliphatic rings. The van der Waals surface area contributed by atoms with E-state index < -0.39 is 0 Å². The monoisotopic (exact) mass is 372 g/mol. The smallest absolute Gasteiger partial charge is 0.281 e. The molecule has 2 aromatic rings. The van der Waals surface area contributed by atoms with Gasteiger partial charge < -0.3 is 10.1 Å². The molecule has 1 amide bonds. The van der Waals surface area contributed by atoms with Gasteiger partial charge in [-0.25, -0.2) is 0 Å². The minimum absolute atomic E-state index is 0.190. The van der Waals surface area contributed by atoms with Crippen LogP contribution in [0.4, 0.5) is 5.69 Å². The Labute approximate surface area is 157 Å². The molecule has 0 saturated carbocycles. The lowest BCUT2D eigenvalue weighted by molar-refractivity contribution is -0.113. The number of nitrogens with one attached hydrogen (secondary N) is 1. The zero-order valence-corrected chi connectivity index (χ0v) is 15.4. The SMILES string of the molecule is CCOc1ccc(/C=C2\NC(=S)N(c3ccc(Cl)cc3C)C2=O)cc1. The Bertz CT molecular complexity index is 862. The highest BCUT2D eigenvalue weighted by atomic mass is 35.5. The number of hydrogen-bond donors (Lipinski definition) is 1. The van der Waals surface area contributed by atoms with E-state index in [2.05, 4.69) is 5.32 Å². The molecule has 4 nitrogen and oxygen atoms in total. The molecule has 6 heteroatoms. The summed E-state index contributed by atoms with van der Waals surface area (Å²) in [6, 6.07) is 12.9. The second-order valence-corrected chi connectivity index (χ2v) is 6.38. The maximum atomic E-state index is 12.8. The van der Waals surface area contributed by atoms with Crippen molar-refractivity contribution in [1.29, 1.82) is 0 Å². The summed E-state index contributed by atoms with van der Waals surface area (Å²) in [6.07, 6.45) is 1.77. The van der Waals surface area contributed by atoms with Gasteiger partial charge in [0, 0.05) is 5.02 Å². The normalized spacial score (nSPS) is 15.6. The van der Waals surface area contributed by atoms with Crippen molar-refractivity contribution >= 4 is 46.6 Å². The second-order valence-electron chi connectivity index (χ2n) is 5.56. The molecule has 3 rings (SSSR count). The standard InChI is InChI=1S/C19H17ClN2O2S/c1-3-24-15-7-4-13(5-8-15)11-16-18(23)22(19(25)21-16)17-9-6-14(20)10-12(17)2/h4-11H,3H2,1-2H3,(H,21,25)/b16-11-. The summed E-state index contributed by atoms with van der Waals surface area (Å²) in [4.78, 5) is 14.3. The van der Waals surface area contributed by atoms with Crippen LogP contribution in [-0.2, 0) is 4.79 Å². The van der Waals surface area contributed by atoms with Crippen LogP contribution in [-0.4, -0.2) is 17.6 Å². The van der Waals surface area contributed by atoms with Gasteiger partial charge in [0.15, 0.2) is 5.11 Å². The fourth-order valence-corrected chi connectivity index (χ4v) is 3.14. The molecule has 0 radical (unpaired) electrons. The van der Waals surface area contributed by atoms with Gasteiger partial charge in [0.25, 0.3) is 5.91 Å². The quantitative estimate of drug-likeness (QED) is 0.641. The van der Waals surface area contributed by atoms with E-state index in [1.807, 2.05) is 38.1 Å². The molecule has 2 aromatic carbocycles. The second kappa shape index (κ2) is 7.25. The predicted molar refractivity (Wildman–Crippen MR) is 105 cm³/mol. The van der Waals surface area contributed by atoms with Crippen molar-refractivity contribution < 1.29 is 9.53 Å². The highest BCUT2D eigenvalue weighted by Gasteiger charge is 2.32. The van der Waals surface area contributed by atoms with E-state index in [1.54, 1.807) is 24.3 Å². The van der Waals surface area contributed by atoms with Gasteiger partial charge in [-0.15, -0.1) is 0 Å². The molecule has 1 heterocycles. The number of carbonyl (C=O) groups is 1. The van der Waals surface area contributed by atoms with E-state index in [0.29, 0.717) is 22.4 Å². The van der Waals surface area contributed by atoms with Crippen LogP contribution < -0.4 is 15.0 Å². The average molecular weight is 373 g/mol. The predicted octanol–water partition coefficient (Wildman–Crippen LogP) is 4.31. The van der Waals surface area contributed by atoms with Gasteiger partial charge in [0.2, 0.25) is 0 Å². The molecule has 0 atom stereocenters. The molecule has 0 aliphatic carbocycles. The summed E-state index contributed by atoms with van der Waals surface area (Å²) in [6.45, 7) is 4.45. The van der Waals surface area contributed by atoms with E-state index >= 15 is 0 Å². The lowest BCUT2D eigenvalue weighted by Crippen LogP contribution is -2.30. The van der Waals surface area contributed by atoms with Crippen LogP contribution in [0.2, 0.25) is 5.02 Å². The number of thiocarbonyl (C=S) groups is 1. The number of benzene rings is 2. The number of aryl methyl sites for hydroxylation is 1. The molecule has 1 N–H and O–H groups in total. The van der Waals surface area contributed by atoms with Crippen LogP contribution in [0.3, 0.4) is 0 Å². The molecule has 0 aromatic heterocycles. The number of nitrogens with zero attached hydrogens (tertiary/aromatic N) is 1. The zero-order chi connectivity index (χ0) is 18.0. The van der Waals surface area contributed by atoms with Crippen molar-refractivity contribution in [3.05, 3.63) is 64.3 Å². The minimum atomic E-state index is -0.190. The Hall–Kier alpha value is -2.37. The summed E-state index contributed by atoms with van der Waals surface area (Å²) < 4.78 is 5.42. The Morgan fingerprint density at radius 1 is 1.24 bits per heavy atom. The third kappa shape index (κ3) is 3.67. The summed E-state index contributed by atoms with van der Waals surface area (Å²) in [5.74, 6) is 0.605. The third-order valence-electron chi connectivity index (χ3n) is 3.78. The van der Waals surface area contributed by atoms with Crippen molar-refractivity contribution in [2.75, 3.05) is 11.5 Å². The first kappa shape index (κ1) is 17.5. The summed E-state index contributed by atoms with van der Waals surface area (Å²) in [5.41, 5.74) is 2.93. The lowest BCUT2D eigenvalue weighted by Gasteiger charge is -2.16. The van der Waals surface area contributed by atoms with Crippen LogP contribution in [0.5, 0.6) is 5.75 Å². The molecular formula is C19H17ClN2O2S. The number of amides is 1. The Morgan fingerprint density at radius 2 is 1.96 bits per heavy atom. The van der Waals surface area contributed by atoms with E-state index in [1.165, 1.54) is 4.90 Å². The van der Waals surface area contributed by atoms with Crippen molar-refractivity contribution in [1.82, 2.24) is 5.32 Å². The Morgan fingerprint density at radius 3 is 2.60 bits per heavy atom. The van der Waals surface area contributed by atoms with Gasteiger partial charge in [-0.1, -0.05) is 23.7 Å². The summed E-state index contributed by atoms with van der Waals surface area (Å²) in [7, 11) is 0.